The van der Waals surface area contributed by atoms with Gasteiger partial charge in [-0.3, -0.25) is 4.98 Å². The molecule has 0 atom stereocenters. The number of halogens is 1. The van der Waals surface area contributed by atoms with E-state index in [2.05, 4.69) is 4.98 Å². The number of rotatable bonds is 2. The Morgan fingerprint density at radius 1 is 1.29 bits per heavy atom. The van der Waals surface area contributed by atoms with Crippen molar-refractivity contribution >= 4 is 39.1 Å². The average Bonchev–Trinajstić information content (AvgIpc) is 2.52. The topological polar surface area (TPSA) is 59.4 Å². The van der Waals surface area contributed by atoms with Crippen molar-refractivity contribution in [3.05, 3.63) is 52.8 Å². The lowest BCUT2D eigenvalue weighted by atomic mass is 9.97. The van der Waals surface area contributed by atoms with Gasteiger partial charge in [0.05, 0.1) is 19.3 Å². The summed E-state index contributed by atoms with van der Waals surface area (Å²) in [5.74, 6) is -0.426. The summed E-state index contributed by atoms with van der Waals surface area (Å²) in [6, 6.07) is 7.06. The zero-order chi connectivity index (χ0) is 15.0. The van der Waals surface area contributed by atoms with Gasteiger partial charge in [0.15, 0.2) is 0 Å². The molecule has 1 N–H and O–H groups in total. The Labute approximate surface area is 125 Å². The molecule has 0 aliphatic rings. The Morgan fingerprint density at radius 3 is 2.81 bits per heavy atom. The molecule has 1 aromatic heterocycles. The number of fused-ring (bicyclic) bond motifs is 3. The third-order valence-electron chi connectivity index (χ3n) is 3.50. The average molecular weight is 302 g/mol. The molecule has 0 bridgehead atoms. The van der Waals surface area contributed by atoms with E-state index in [4.69, 9.17) is 16.3 Å². The molecule has 5 heteroatoms. The number of aliphatic hydroxyl groups excluding tert-OH is 1. The molecule has 0 spiro atoms. The lowest BCUT2D eigenvalue weighted by Gasteiger charge is -2.11. The Bertz CT molecular complexity index is 861. The summed E-state index contributed by atoms with van der Waals surface area (Å²) in [4.78, 5) is 16.1. The van der Waals surface area contributed by atoms with Crippen LogP contribution in [0.15, 0.2) is 36.7 Å². The van der Waals surface area contributed by atoms with Crippen molar-refractivity contribution in [2.45, 2.75) is 6.61 Å². The number of benzene rings is 2. The van der Waals surface area contributed by atoms with Gasteiger partial charge < -0.3 is 9.84 Å². The smallest absolute Gasteiger partial charge is 0.338 e. The molecule has 106 valence electrons. The largest absolute Gasteiger partial charge is 0.465 e. The van der Waals surface area contributed by atoms with Crippen LogP contribution in [0.5, 0.6) is 0 Å². The summed E-state index contributed by atoms with van der Waals surface area (Å²) in [7, 11) is 1.34. The van der Waals surface area contributed by atoms with Crippen molar-refractivity contribution in [1.29, 1.82) is 0 Å². The van der Waals surface area contributed by atoms with E-state index in [9.17, 15) is 9.90 Å². The van der Waals surface area contributed by atoms with Gasteiger partial charge in [0.2, 0.25) is 0 Å². The third kappa shape index (κ3) is 2.22. The van der Waals surface area contributed by atoms with Crippen LogP contribution in [-0.4, -0.2) is 23.2 Å². The molecule has 2 aromatic carbocycles. The van der Waals surface area contributed by atoms with Crippen LogP contribution in [0.25, 0.3) is 21.5 Å². The Balaban J connectivity index is 2.50. The number of carbonyl (C=O) groups is 1. The number of hydrogen-bond acceptors (Lipinski definition) is 4. The summed E-state index contributed by atoms with van der Waals surface area (Å²) in [6.45, 7) is -0.194. The van der Waals surface area contributed by atoms with Crippen LogP contribution in [0.3, 0.4) is 0 Å². The molecule has 0 unspecified atom stereocenters. The highest BCUT2D eigenvalue weighted by Gasteiger charge is 2.15. The SMILES string of the molecule is COC(=O)c1cc2ccncc2c2cc(Cl)c(CO)cc12. The second-order valence-corrected chi connectivity index (χ2v) is 5.07. The molecule has 4 nitrogen and oxygen atoms in total. The number of aromatic nitrogens is 1. The maximum absolute atomic E-state index is 12.0. The third-order valence-corrected chi connectivity index (χ3v) is 3.85. The number of methoxy groups -OCH3 is 1. The zero-order valence-electron chi connectivity index (χ0n) is 11.3. The van der Waals surface area contributed by atoms with E-state index >= 15 is 0 Å². The monoisotopic (exact) mass is 301 g/mol. The molecule has 21 heavy (non-hydrogen) atoms. The van der Waals surface area contributed by atoms with E-state index in [0.717, 1.165) is 16.2 Å². The molecule has 0 fully saturated rings. The van der Waals surface area contributed by atoms with Crippen LogP contribution in [0.4, 0.5) is 0 Å². The second-order valence-electron chi connectivity index (χ2n) is 4.66. The standard InChI is InChI=1S/C16H12ClNO3/c1-21-16(20)13-4-9-2-3-18-7-14(9)12-6-15(17)10(8-19)5-11(12)13/h2-7,19H,8H2,1H3. The molecule has 0 aliphatic carbocycles. The van der Waals surface area contributed by atoms with Gasteiger partial charge >= 0.3 is 5.97 Å². The maximum atomic E-state index is 12.0. The molecule has 1 heterocycles. The molecule has 0 aliphatic heterocycles. The quantitative estimate of drug-likeness (QED) is 0.583. The van der Waals surface area contributed by atoms with Gasteiger partial charge in [-0.05, 0) is 46.0 Å². The summed E-state index contributed by atoms with van der Waals surface area (Å²) >= 11 is 6.17. The van der Waals surface area contributed by atoms with E-state index in [0.29, 0.717) is 21.5 Å². The molecule has 0 saturated carbocycles. The summed E-state index contributed by atoms with van der Waals surface area (Å²) in [5.41, 5.74) is 1.01. The van der Waals surface area contributed by atoms with Crippen molar-refractivity contribution in [3.63, 3.8) is 0 Å². The number of hydrogen-bond donors (Lipinski definition) is 1. The lowest BCUT2D eigenvalue weighted by molar-refractivity contribution is 0.0603. The highest BCUT2D eigenvalue weighted by atomic mass is 35.5. The molecular weight excluding hydrogens is 290 g/mol. The number of ether oxygens (including phenoxy) is 1. The second kappa shape index (κ2) is 5.31. The molecule has 3 aromatic rings. The van der Waals surface area contributed by atoms with Gasteiger partial charge in [-0.1, -0.05) is 11.6 Å². The van der Waals surface area contributed by atoms with E-state index in [1.54, 1.807) is 30.6 Å². The van der Waals surface area contributed by atoms with Crippen molar-refractivity contribution in [3.8, 4) is 0 Å². The van der Waals surface area contributed by atoms with Gasteiger partial charge in [-0.15, -0.1) is 0 Å². The van der Waals surface area contributed by atoms with Gasteiger partial charge in [0.25, 0.3) is 0 Å². The first-order chi connectivity index (χ1) is 10.2. The summed E-state index contributed by atoms with van der Waals surface area (Å²) in [6.07, 6.45) is 3.40. The maximum Gasteiger partial charge on any atom is 0.338 e. The molecule has 0 amide bonds. The minimum Gasteiger partial charge on any atom is -0.465 e. The first-order valence-electron chi connectivity index (χ1n) is 6.33. The predicted molar refractivity (Wildman–Crippen MR) is 81.5 cm³/mol. The summed E-state index contributed by atoms with van der Waals surface area (Å²) in [5, 5.41) is 13.1. The molecular formula is C16H12ClNO3. The van der Waals surface area contributed by atoms with Crippen LogP contribution in [0, 0.1) is 0 Å². The normalized spacial score (nSPS) is 11.0. The highest BCUT2D eigenvalue weighted by molar-refractivity contribution is 6.33. The van der Waals surface area contributed by atoms with Crippen LogP contribution >= 0.6 is 11.6 Å². The van der Waals surface area contributed by atoms with E-state index in [-0.39, 0.29) is 6.61 Å². The van der Waals surface area contributed by atoms with Crippen LogP contribution in [-0.2, 0) is 11.3 Å². The molecule has 0 saturated heterocycles. The molecule has 3 rings (SSSR count). The Morgan fingerprint density at radius 2 is 2.10 bits per heavy atom. The lowest BCUT2D eigenvalue weighted by Crippen LogP contribution is -2.03. The first-order valence-corrected chi connectivity index (χ1v) is 6.71. The molecule has 0 radical (unpaired) electrons. The van der Waals surface area contributed by atoms with Crippen molar-refractivity contribution in [2.24, 2.45) is 0 Å². The van der Waals surface area contributed by atoms with E-state index < -0.39 is 5.97 Å². The fourth-order valence-corrected chi connectivity index (χ4v) is 2.68. The van der Waals surface area contributed by atoms with Gasteiger partial charge in [0.1, 0.15) is 0 Å². The first kappa shape index (κ1) is 13.8. The number of esters is 1. The number of aliphatic hydroxyl groups is 1. The van der Waals surface area contributed by atoms with Crippen molar-refractivity contribution in [1.82, 2.24) is 4.98 Å². The van der Waals surface area contributed by atoms with Gasteiger partial charge in [0, 0.05) is 22.8 Å². The summed E-state index contributed by atoms with van der Waals surface area (Å²) < 4.78 is 4.85. The fourth-order valence-electron chi connectivity index (χ4n) is 2.45. The van der Waals surface area contributed by atoms with Crippen LogP contribution in [0.1, 0.15) is 15.9 Å². The minimum absolute atomic E-state index is 0.194. The van der Waals surface area contributed by atoms with Crippen LogP contribution < -0.4 is 0 Å². The number of carbonyl (C=O) groups excluding carboxylic acids is 1. The number of nitrogens with zero attached hydrogens (tertiary/aromatic N) is 1. The zero-order valence-corrected chi connectivity index (χ0v) is 12.0. The minimum atomic E-state index is -0.426. The van der Waals surface area contributed by atoms with Crippen molar-refractivity contribution < 1.29 is 14.6 Å². The van der Waals surface area contributed by atoms with Gasteiger partial charge in [-0.2, -0.15) is 0 Å². The van der Waals surface area contributed by atoms with Crippen molar-refractivity contribution in [2.75, 3.05) is 7.11 Å². The number of pyridine rings is 1. The Kier molecular flexibility index (Phi) is 3.49. The fraction of sp³-hybridized carbons (Fsp3) is 0.125. The Hall–Kier alpha value is -2.17. The highest BCUT2D eigenvalue weighted by Crippen LogP contribution is 2.33. The van der Waals surface area contributed by atoms with E-state index in [1.807, 2.05) is 6.07 Å². The van der Waals surface area contributed by atoms with Gasteiger partial charge in [-0.25, -0.2) is 4.79 Å². The predicted octanol–water partition coefficient (Wildman–Crippen LogP) is 3.32. The van der Waals surface area contributed by atoms with E-state index in [1.165, 1.54) is 7.11 Å². The van der Waals surface area contributed by atoms with Crippen LogP contribution in [0.2, 0.25) is 5.02 Å².